The van der Waals surface area contributed by atoms with E-state index in [1.807, 2.05) is 0 Å². The summed E-state index contributed by atoms with van der Waals surface area (Å²) < 4.78 is 0. The Bertz CT molecular complexity index is 287. The number of hydrogen-bond donors (Lipinski definition) is 1. The van der Waals surface area contributed by atoms with Crippen LogP contribution in [0, 0.1) is 11.3 Å². The van der Waals surface area contributed by atoms with Gasteiger partial charge in [0.15, 0.2) is 0 Å². The van der Waals surface area contributed by atoms with E-state index in [4.69, 9.17) is 5.73 Å². The summed E-state index contributed by atoms with van der Waals surface area (Å²) in [6.07, 6.45) is 8.04. The van der Waals surface area contributed by atoms with Crippen molar-refractivity contribution in [3.8, 4) is 0 Å². The highest BCUT2D eigenvalue weighted by molar-refractivity contribution is 7.99. The number of nitrogens with zero attached hydrogens (tertiary/aromatic N) is 1. The number of thioether (sulfide) groups is 1. The molecule has 0 bridgehead atoms. The molecule has 0 aromatic heterocycles. The average molecular weight is 299 g/mol. The van der Waals surface area contributed by atoms with E-state index in [2.05, 4.69) is 37.4 Å². The van der Waals surface area contributed by atoms with Crippen LogP contribution in [0.1, 0.15) is 59.3 Å². The van der Waals surface area contributed by atoms with Gasteiger partial charge in [-0.2, -0.15) is 11.8 Å². The molecule has 2 N–H and O–H groups in total. The first-order valence-electron chi connectivity index (χ1n) is 8.57. The molecule has 3 heteroatoms. The standard InChI is InChI=1S/C17H34N2S/c1-4-16(2,3)15-6-8-17(14-18,9-7-15)19-10-5-12-20-13-11-19/h15H,4-14,18H2,1-3H3. The Balaban J connectivity index is 2.00. The van der Waals surface area contributed by atoms with Gasteiger partial charge in [-0.1, -0.05) is 27.2 Å². The quantitative estimate of drug-likeness (QED) is 0.857. The Kier molecular flexibility index (Phi) is 5.84. The SMILES string of the molecule is CCC(C)(C)C1CCC(CN)(N2CCCSCC2)CC1. The maximum atomic E-state index is 6.26. The minimum atomic E-state index is 0.325. The predicted octanol–water partition coefficient (Wildman–Crippen LogP) is 3.75. The van der Waals surface area contributed by atoms with E-state index in [0.29, 0.717) is 11.0 Å². The third-order valence-corrected chi connectivity index (χ3v) is 7.25. The van der Waals surface area contributed by atoms with Gasteiger partial charge in [0.05, 0.1) is 0 Å². The van der Waals surface area contributed by atoms with E-state index in [-0.39, 0.29) is 0 Å². The van der Waals surface area contributed by atoms with Gasteiger partial charge in [0, 0.05) is 24.4 Å². The molecule has 0 amide bonds. The van der Waals surface area contributed by atoms with Crippen LogP contribution in [0.3, 0.4) is 0 Å². The van der Waals surface area contributed by atoms with Crippen molar-refractivity contribution in [3.63, 3.8) is 0 Å². The van der Waals surface area contributed by atoms with Crippen molar-refractivity contribution in [2.75, 3.05) is 31.1 Å². The number of rotatable bonds is 4. The van der Waals surface area contributed by atoms with E-state index in [0.717, 1.165) is 12.5 Å². The molecule has 0 aromatic carbocycles. The Labute approximate surface area is 130 Å². The zero-order chi connectivity index (χ0) is 14.6. The molecule has 0 atom stereocenters. The lowest BCUT2D eigenvalue weighted by molar-refractivity contribution is 0.0210. The van der Waals surface area contributed by atoms with Crippen LogP contribution in [0.15, 0.2) is 0 Å². The van der Waals surface area contributed by atoms with Crippen LogP contribution in [0.2, 0.25) is 0 Å². The maximum Gasteiger partial charge on any atom is 0.0332 e. The maximum absolute atomic E-state index is 6.26. The van der Waals surface area contributed by atoms with Gasteiger partial charge >= 0.3 is 0 Å². The Morgan fingerprint density at radius 3 is 2.50 bits per heavy atom. The van der Waals surface area contributed by atoms with E-state index in [1.165, 1.54) is 63.1 Å². The molecule has 1 saturated carbocycles. The van der Waals surface area contributed by atoms with Gasteiger partial charge in [-0.05, 0) is 55.7 Å². The molecule has 1 saturated heterocycles. The monoisotopic (exact) mass is 298 g/mol. The van der Waals surface area contributed by atoms with Crippen molar-refractivity contribution in [3.05, 3.63) is 0 Å². The fraction of sp³-hybridized carbons (Fsp3) is 1.00. The molecule has 0 radical (unpaired) electrons. The molecule has 20 heavy (non-hydrogen) atoms. The second kappa shape index (κ2) is 7.02. The first-order valence-corrected chi connectivity index (χ1v) is 9.72. The molecule has 2 nitrogen and oxygen atoms in total. The largest absolute Gasteiger partial charge is 0.329 e. The number of nitrogens with two attached hydrogens (primary N) is 1. The minimum Gasteiger partial charge on any atom is -0.329 e. The average Bonchev–Trinajstić information content (AvgIpc) is 2.77. The molecule has 2 fully saturated rings. The third kappa shape index (κ3) is 3.53. The summed E-state index contributed by atoms with van der Waals surface area (Å²) in [5, 5.41) is 0. The lowest BCUT2D eigenvalue weighted by Gasteiger charge is -2.50. The molecule has 0 unspecified atom stereocenters. The number of hydrogen-bond acceptors (Lipinski definition) is 3. The van der Waals surface area contributed by atoms with Crippen LogP contribution < -0.4 is 5.73 Å². The van der Waals surface area contributed by atoms with Gasteiger partial charge in [0.2, 0.25) is 0 Å². The summed E-state index contributed by atoms with van der Waals surface area (Å²) in [5.41, 5.74) is 7.09. The molecule has 2 aliphatic rings. The molecule has 0 spiro atoms. The van der Waals surface area contributed by atoms with Crippen molar-refractivity contribution in [2.45, 2.75) is 64.8 Å². The van der Waals surface area contributed by atoms with Crippen LogP contribution in [0.4, 0.5) is 0 Å². The fourth-order valence-corrected chi connectivity index (χ4v) is 4.98. The highest BCUT2D eigenvalue weighted by Crippen LogP contribution is 2.45. The van der Waals surface area contributed by atoms with Crippen molar-refractivity contribution in [2.24, 2.45) is 17.1 Å². The lowest BCUT2D eigenvalue weighted by atomic mass is 9.65. The van der Waals surface area contributed by atoms with Crippen LogP contribution in [0.5, 0.6) is 0 Å². The lowest BCUT2D eigenvalue weighted by Crippen LogP contribution is -2.57. The molecule has 0 aromatic rings. The smallest absolute Gasteiger partial charge is 0.0332 e. The first kappa shape index (κ1) is 16.6. The van der Waals surface area contributed by atoms with Crippen LogP contribution in [0.25, 0.3) is 0 Å². The molecule has 2 rings (SSSR count). The van der Waals surface area contributed by atoms with E-state index in [1.54, 1.807) is 0 Å². The summed E-state index contributed by atoms with van der Waals surface area (Å²) in [6.45, 7) is 10.6. The normalized spacial score (nSPS) is 33.9. The topological polar surface area (TPSA) is 29.3 Å². The van der Waals surface area contributed by atoms with E-state index >= 15 is 0 Å². The van der Waals surface area contributed by atoms with Gasteiger partial charge in [-0.15, -0.1) is 0 Å². The van der Waals surface area contributed by atoms with E-state index < -0.39 is 0 Å². The molecular formula is C17H34N2S. The van der Waals surface area contributed by atoms with Crippen molar-refractivity contribution < 1.29 is 0 Å². The summed E-state index contributed by atoms with van der Waals surface area (Å²) in [7, 11) is 0. The Morgan fingerprint density at radius 1 is 1.20 bits per heavy atom. The molecule has 118 valence electrons. The van der Waals surface area contributed by atoms with Gasteiger partial charge in [-0.3, -0.25) is 4.90 Å². The molecule has 1 aliphatic heterocycles. The van der Waals surface area contributed by atoms with Crippen molar-refractivity contribution in [1.82, 2.24) is 4.90 Å². The van der Waals surface area contributed by atoms with Crippen molar-refractivity contribution >= 4 is 11.8 Å². The highest BCUT2D eigenvalue weighted by atomic mass is 32.2. The summed E-state index contributed by atoms with van der Waals surface area (Å²) in [6, 6.07) is 0. The molecule has 1 aliphatic carbocycles. The summed E-state index contributed by atoms with van der Waals surface area (Å²) in [4.78, 5) is 2.75. The van der Waals surface area contributed by atoms with Crippen LogP contribution in [-0.4, -0.2) is 41.6 Å². The van der Waals surface area contributed by atoms with Gasteiger partial charge in [-0.25, -0.2) is 0 Å². The third-order valence-electron chi connectivity index (χ3n) is 6.21. The molecular weight excluding hydrogens is 264 g/mol. The Morgan fingerprint density at radius 2 is 1.90 bits per heavy atom. The molecule has 1 heterocycles. The Hall–Kier alpha value is 0.270. The van der Waals surface area contributed by atoms with Gasteiger partial charge < -0.3 is 5.73 Å². The zero-order valence-electron chi connectivity index (χ0n) is 13.8. The summed E-state index contributed by atoms with van der Waals surface area (Å²) in [5.74, 6) is 3.53. The zero-order valence-corrected chi connectivity index (χ0v) is 14.6. The second-order valence-corrected chi connectivity index (χ2v) is 8.72. The predicted molar refractivity (Wildman–Crippen MR) is 91.3 cm³/mol. The van der Waals surface area contributed by atoms with Gasteiger partial charge in [0.25, 0.3) is 0 Å². The van der Waals surface area contributed by atoms with E-state index in [9.17, 15) is 0 Å². The highest BCUT2D eigenvalue weighted by Gasteiger charge is 2.42. The first-order chi connectivity index (χ1) is 9.54. The van der Waals surface area contributed by atoms with Crippen LogP contribution in [-0.2, 0) is 0 Å². The summed E-state index contributed by atoms with van der Waals surface area (Å²) >= 11 is 2.12. The van der Waals surface area contributed by atoms with Crippen LogP contribution >= 0.6 is 11.8 Å². The van der Waals surface area contributed by atoms with Gasteiger partial charge in [0.1, 0.15) is 0 Å². The fourth-order valence-electron chi connectivity index (χ4n) is 4.10. The van der Waals surface area contributed by atoms with Crippen molar-refractivity contribution in [1.29, 1.82) is 0 Å². The second-order valence-electron chi connectivity index (χ2n) is 7.50. The minimum absolute atomic E-state index is 0.325.